The standard InChI is InChI=1S/C21H19F3N4O/c1-25-21(28-13-15-11-17(23)4-7-19(15)24)27-12-14-8-9-26-20(10-14)29-18-5-2-16(22)3-6-18/h2-11H,12-13H2,1H3,(H2,25,27,28). The number of ether oxygens (including phenoxy) is 1. The summed E-state index contributed by atoms with van der Waals surface area (Å²) in [6.07, 6.45) is 1.59. The molecule has 0 saturated carbocycles. The van der Waals surface area contributed by atoms with Gasteiger partial charge < -0.3 is 15.4 Å². The van der Waals surface area contributed by atoms with Gasteiger partial charge in [-0.15, -0.1) is 0 Å². The number of benzene rings is 2. The van der Waals surface area contributed by atoms with Crippen LogP contribution in [0.5, 0.6) is 11.6 Å². The molecule has 150 valence electrons. The Balaban J connectivity index is 1.56. The normalized spacial score (nSPS) is 11.2. The van der Waals surface area contributed by atoms with Crippen molar-refractivity contribution in [1.29, 1.82) is 0 Å². The molecule has 1 aromatic heterocycles. The predicted octanol–water partition coefficient (Wildman–Crippen LogP) is 4.16. The molecule has 2 aromatic carbocycles. The van der Waals surface area contributed by atoms with E-state index in [-0.39, 0.29) is 17.9 Å². The van der Waals surface area contributed by atoms with Crippen LogP contribution in [0.4, 0.5) is 13.2 Å². The Labute approximate surface area is 166 Å². The van der Waals surface area contributed by atoms with Crippen molar-refractivity contribution in [3.8, 4) is 11.6 Å². The van der Waals surface area contributed by atoms with Crippen molar-refractivity contribution >= 4 is 5.96 Å². The van der Waals surface area contributed by atoms with Crippen molar-refractivity contribution in [2.24, 2.45) is 4.99 Å². The fourth-order valence-electron chi connectivity index (χ4n) is 2.50. The van der Waals surface area contributed by atoms with Crippen LogP contribution in [0, 0.1) is 17.5 Å². The second kappa shape index (κ2) is 9.59. The molecule has 3 rings (SSSR count). The molecule has 0 aliphatic heterocycles. The van der Waals surface area contributed by atoms with Crippen LogP contribution in [0.1, 0.15) is 11.1 Å². The maximum atomic E-state index is 13.7. The van der Waals surface area contributed by atoms with E-state index in [2.05, 4.69) is 20.6 Å². The first kappa shape index (κ1) is 20.2. The number of nitrogens with zero attached hydrogens (tertiary/aromatic N) is 2. The third-order valence-corrected chi connectivity index (χ3v) is 3.97. The highest BCUT2D eigenvalue weighted by molar-refractivity contribution is 5.79. The largest absolute Gasteiger partial charge is 0.439 e. The zero-order chi connectivity index (χ0) is 20.6. The van der Waals surface area contributed by atoms with Crippen LogP contribution in [0.15, 0.2) is 65.8 Å². The third kappa shape index (κ3) is 5.97. The van der Waals surface area contributed by atoms with E-state index >= 15 is 0 Å². The van der Waals surface area contributed by atoms with Gasteiger partial charge in [0.2, 0.25) is 5.88 Å². The number of nitrogens with one attached hydrogen (secondary N) is 2. The molecule has 0 spiro atoms. The summed E-state index contributed by atoms with van der Waals surface area (Å²) in [5, 5.41) is 6.01. The summed E-state index contributed by atoms with van der Waals surface area (Å²) < 4.78 is 45.6. The molecular weight excluding hydrogens is 381 g/mol. The number of pyridine rings is 1. The molecule has 0 radical (unpaired) electrons. The van der Waals surface area contributed by atoms with E-state index in [1.54, 1.807) is 25.4 Å². The summed E-state index contributed by atoms with van der Waals surface area (Å²) in [5.41, 5.74) is 1.06. The Morgan fingerprint density at radius 1 is 0.931 bits per heavy atom. The van der Waals surface area contributed by atoms with Crippen molar-refractivity contribution in [3.05, 3.63) is 89.4 Å². The van der Waals surface area contributed by atoms with Crippen molar-refractivity contribution in [2.75, 3.05) is 7.05 Å². The number of hydrogen-bond acceptors (Lipinski definition) is 3. The van der Waals surface area contributed by atoms with E-state index in [9.17, 15) is 13.2 Å². The first-order chi connectivity index (χ1) is 14.0. The van der Waals surface area contributed by atoms with Gasteiger partial charge in [0.15, 0.2) is 5.96 Å². The highest BCUT2D eigenvalue weighted by Gasteiger charge is 2.06. The maximum absolute atomic E-state index is 13.7. The fourth-order valence-corrected chi connectivity index (χ4v) is 2.50. The lowest BCUT2D eigenvalue weighted by atomic mass is 10.2. The first-order valence-electron chi connectivity index (χ1n) is 8.80. The van der Waals surface area contributed by atoms with Gasteiger partial charge in [-0.05, 0) is 54.1 Å². The molecule has 0 saturated heterocycles. The van der Waals surface area contributed by atoms with E-state index in [4.69, 9.17) is 4.74 Å². The van der Waals surface area contributed by atoms with E-state index in [0.717, 1.165) is 23.8 Å². The topological polar surface area (TPSA) is 58.5 Å². The lowest BCUT2D eigenvalue weighted by molar-refractivity contribution is 0.460. The molecule has 0 aliphatic carbocycles. The molecule has 29 heavy (non-hydrogen) atoms. The molecule has 0 amide bonds. The van der Waals surface area contributed by atoms with Crippen molar-refractivity contribution in [1.82, 2.24) is 15.6 Å². The molecule has 0 bridgehead atoms. The second-order valence-corrected chi connectivity index (χ2v) is 6.07. The Hall–Kier alpha value is -3.55. The second-order valence-electron chi connectivity index (χ2n) is 6.07. The van der Waals surface area contributed by atoms with Gasteiger partial charge >= 0.3 is 0 Å². The average Bonchev–Trinajstić information content (AvgIpc) is 2.72. The van der Waals surface area contributed by atoms with Gasteiger partial charge in [-0.1, -0.05) is 0 Å². The quantitative estimate of drug-likeness (QED) is 0.482. The van der Waals surface area contributed by atoms with Crippen molar-refractivity contribution < 1.29 is 17.9 Å². The Morgan fingerprint density at radius 2 is 1.66 bits per heavy atom. The predicted molar refractivity (Wildman–Crippen MR) is 104 cm³/mol. The van der Waals surface area contributed by atoms with Crippen molar-refractivity contribution in [3.63, 3.8) is 0 Å². The Kier molecular flexibility index (Phi) is 6.67. The van der Waals surface area contributed by atoms with Gasteiger partial charge in [-0.2, -0.15) is 0 Å². The van der Waals surface area contributed by atoms with Crippen LogP contribution in [-0.2, 0) is 13.1 Å². The summed E-state index contributed by atoms with van der Waals surface area (Å²) >= 11 is 0. The van der Waals surface area contributed by atoms with Gasteiger partial charge in [-0.25, -0.2) is 18.2 Å². The number of halogens is 3. The molecule has 2 N–H and O–H groups in total. The summed E-state index contributed by atoms with van der Waals surface area (Å²) in [7, 11) is 1.58. The number of aromatic nitrogens is 1. The van der Waals surface area contributed by atoms with Crippen LogP contribution in [0.25, 0.3) is 0 Å². The zero-order valence-electron chi connectivity index (χ0n) is 15.6. The molecule has 1 heterocycles. The van der Waals surface area contributed by atoms with Crippen molar-refractivity contribution in [2.45, 2.75) is 13.1 Å². The molecule has 3 aromatic rings. The molecule has 0 fully saturated rings. The van der Waals surface area contributed by atoms with Gasteiger partial charge in [0.25, 0.3) is 0 Å². The van der Waals surface area contributed by atoms with Crippen LogP contribution in [-0.4, -0.2) is 18.0 Å². The van der Waals surface area contributed by atoms with Crippen LogP contribution in [0.2, 0.25) is 0 Å². The molecule has 0 unspecified atom stereocenters. The minimum atomic E-state index is -0.503. The van der Waals surface area contributed by atoms with Gasteiger partial charge in [0.05, 0.1) is 0 Å². The zero-order valence-corrected chi connectivity index (χ0v) is 15.6. The minimum Gasteiger partial charge on any atom is -0.439 e. The van der Waals surface area contributed by atoms with E-state index in [1.807, 2.05) is 0 Å². The van der Waals surface area contributed by atoms with Crippen LogP contribution < -0.4 is 15.4 Å². The fraction of sp³-hybridized carbons (Fsp3) is 0.143. The molecule has 8 heteroatoms. The number of rotatable bonds is 6. The number of guanidine groups is 1. The maximum Gasteiger partial charge on any atom is 0.219 e. The van der Waals surface area contributed by atoms with E-state index in [0.29, 0.717) is 24.1 Å². The lowest BCUT2D eigenvalue weighted by Crippen LogP contribution is -2.36. The SMILES string of the molecule is CN=C(NCc1ccnc(Oc2ccc(F)cc2)c1)NCc1cc(F)ccc1F. The molecule has 5 nitrogen and oxygen atoms in total. The monoisotopic (exact) mass is 400 g/mol. The van der Waals surface area contributed by atoms with Crippen LogP contribution >= 0.6 is 0 Å². The lowest BCUT2D eigenvalue weighted by Gasteiger charge is -2.13. The summed E-state index contributed by atoms with van der Waals surface area (Å²) in [6, 6.07) is 12.5. The highest BCUT2D eigenvalue weighted by Crippen LogP contribution is 2.20. The highest BCUT2D eigenvalue weighted by atomic mass is 19.1. The number of hydrogen-bond donors (Lipinski definition) is 2. The smallest absolute Gasteiger partial charge is 0.219 e. The van der Waals surface area contributed by atoms with E-state index < -0.39 is 11.6 Å². The van der Waals surface area contributed by atoms with Crippen LogP contribution in [0.3, 0.4) is 0 Å². The first-order valence-corrected chi connectivity index (χ1v) is 8.80. The molecule has 0 atom stereocenters. The Morgan fingerprint density at radius 3 is 2.41 bits per heavy atom. The average molecular weight is 400 g/mol. The molecule has 0 aliphatic rings. The van der Waals surface area contributed by atoms with E-state index in [1.165, 1.54) is 24.3 Å². The summed E-state index contributed by atoms with van der Waals surface area (Å²) in [5.74, 6) is -0.0891. The molecular formula is C21H19F3N4O. The van der Waals surface area contributed by atoms with Gasteiger partial charge in [0, 0.05) is 38.0 Å². The number of aliphatic imine (C=N–C) groups is 1. The third-order valence-electron chi connectivity index (χ3n) is 3.97. The van der Waals surface area contributed by atoms with Gasteiger partial charge in [0.1, 0.15) is 23.2 Å². The summed E-state index contributed by atoms with van der Waals surface area (Å²) in [6.45, 7) is 0.478. The summed E-state index contributed by atoms with van der Waals surface area (Å²) in [4.78, 5) is 8.20. The minimum absolute atomic E-state index is 0.0819. The van der Waals surface area contributed by atoms with Gasteiger partial charge in [-0.3, -0.25) is 4.99 Å². The Bertz CT molecular complexity index is 993.